The molecule has 2 N–H and O–H groups in total. The maximum Gasteiger partial charge on any atom is 0.221 e. The Kier molecular flexibility index (Phi) is 8.16. The number of hydrogen-bond donors (Lipinski definition) is 2. The molecule has 1 atom stereocenters. The molecule has 1 aliphatic heterocycles. The van der Waals surface area contributed by atoms with Crippen molar-refractivity contribution in [2.75, 3.05) is 19.7 Å². The van der Waals surface area contributed by atoms with Crippen molar-refractivity contribution < 1.29 is 9.53 Å². The van der Waals surface area contributed by atoms with Crippen LogP contribution in [-0.2, 0) is 11.2 Å². The average Bonchev–Trinajstić information content (AvgIpc) is 2.94. The molecule has 0 saturated carbocycles. The van der Waals surface area contributed by atoms with Gasteiger partial charge in [-0.05, 0) is 44.4 Å². The summed E-state index contributed by atoms with van der Waals surface area (Å²) in [6.07, 6.45) is 3.69. The highest BCUT2D eigenvalue weighted by atomic mass is 35.5. The van der Waals surface area contributed by atoms with E-state index in [1.807, 2.05) is 25.1 Å². The van der Waals surface area contributed by atoms with Crippen molar-refractivity contribution >= 4 is 18.3 Å². The second-order valence-corrected chi connectivity index (χ2v) is 5.14. The standard InChI is InChI=1S/C16H24N2O2.ClH/c1-2-20-15-8-4-3-6-13(15)9-11-18-16(19)12-14-7-5-10-17-14;/h3-4,6,8,14,17H,2,5,7,9-12H2,1H3,(H,18,19);1H. The molecule has 5 heteroatoms. The molecule has 1 saturated heterocycles. The van der Waals surface area contributed by atoms with E-state index in [0.29, 0.717) is 25.6 Å². The van der Waals surface area contributed by atoms with Crippen molar-refractivity contribution in [1.29, 1.82) is 0 Å². The molecule has 0 aliphatic carbocycles. The van der Waals surface area contributed by atoms with Crippen LogP contribution in [0.1, 0.15) is 31.7 Å². The topological polar surface area (TPSA) is 50.4 Å². The highest BCUT2D eigenvalue weighted by Gasteiger charge is 2.17. The Morgan fingerprint density at radius 3 is 2.95 bits per heavy atom. The van der Waals surface area contributed by atoms with Crippen molar-refractivity contribution in [3.05, 3.63) is 29.8 Å². The van der Waals surface area contributed by atoms with Gasteiger partial charge in [0.25, 0.3) is 0 Å². The number of carbonyl (C=O) groups is 1. The predicted molar refractivity (Wildman–Crippen MR) is 87.2 cm³/mol. The first kappa shape index (κ1) is 17.8. The summed E-state index contributed by atoms with van der Waals surface area (Å²) in [7, 11) is 0. The Hall–Kier alpha value is -1.26. The van der Waals surface area contributed by atoms with Crippen LogP contribution in [0.4, 0.5) is 0 Å². The van der Waals surface area contributed by atoms with Crippen LogP contribution in [0.25, 0.3) is 0 Å². The van der Waals surface area contributed by atoms with Crippen LogP contribution in [0.5, 0.6) is 5.75 Å². The average molecular weight is 313 g/mol. The molecule has 1 fully saturated rings. The van der Waals surface area contributed by atoms with Crippen molar-refractivity contribution in [1.82, 2.24) is 10.6 Å². The lowest BCUT2D eigenvalue weighted by molar-refractivity contribution is -0.121. The highest BCUT2D eigenvalue weighted by Crippen LogP contribution is 2.18. The fraction of sp³-hybridized carbons (Fsp3) is 0.562. The number of carbonyl (C=O) groups excluding carboxylic acids is 1. The molecule has 0 spiro atoms. The van der Waals surface area contributed by atoms with Gasteiger partial charge in [0.2, 0.25) is 5.91 Å². The van der Waals surface area contributed by atoms with Crippen LogP contribution in [0.3, 0.4) is 0 Å². The summed E-state index contributed by atoms with van der Waals surface area (Å²) >= 11 is 0. The van der Waals surface area contributed by atoms with Crippen molar-refractivity contribution in [3.63, 3.8) is 0 Å². The molecule has 4 nitrogen and oxygen atoms in total. The van der Waals surface area contributed by atoms with Gasteiger partial charge in [-0.1, -0.05) is 18.2 Å². The summed E-state index contributed by atoms with van der Waals surface area (Å²) in [4.78, 5) is 11.8. The molecule has 0 radical (unpaired) electrons. The zero-order chi connectivity index (χ0) is 14.2. The van der Waals surface area contributed by atoms with Crippen LogP contribution in [0, 0.1) is 0 Å². The minimum atomic E-state index is 0. The van der Waals surface area contributed by atoms with Gasteiger partial charge in [0.05, 0.1) is 6.61 Å². The van der Waals surface area contributed by atoms with Gasteiger partial charge >= 0.3 is 0 Å². The van der Waals surface area contributed by atoms with Gasteiger partial charge in [-0.15, -0.1) is 12.4 Å². The van der Waals surface area contributed by atoms with Crippen molar-refractivity contribution in [3.8, 4) is 5.75 Å². The number of halogens is 1. The number of ether oxygens (including phenoxy) is 1. The van der Waals surface area contributed by atoms with E-state index in [1.54, 1.807) is 0 Å². The van der Waals surface area contributed by atoms with Gasteiger partial charge in [-0.3, -0.25) is 4.79 Å². The van der Waals surface area contributed by atoms with Crippen LogP contribution in [0.15, 0.2) is 24.3 Å². The normalized spacial score (nSPS) is 17.1. The largest absolute Gasteiger partial charge is 0.494 e. The third-order valence-corrected chi connectivity index (χ3v) is 3.58. The lowest BCUT2D eigenvalue weighted by Gasteiger charge is -2.12. The minimum Gasteiger partial charge on any atom is -0.494 e. The summed E-state index contributed by atoms with van der Waals surface area (Å²) < 4.78 is 5.58. The molecule has 21 heavy (non-hydrogen) atoms. The first-order valence-corrected chi connectivity index (χ1v) is 7.50. The molecular formula is C16H25ClN2O2. The minimum absolute atomic E-state index is 0. The van der Waals surface area contributed by atoms with Gasteiger partial charge in [-0.25, -0.2) is 0 Å². The number of rotatable bonds is 7. The molecule has 1 aromatic rings. The summed E-state index contributed by atoms with van der Waals surface area (Å²) in [6.45, 7) is 4.35. The third-order valence-electron chi connectivity index (χ3n) is 3.58. The molecule has 0 bridgehead atoms. The second kappa shape index (κ2) is 9.64. The molecule has 1 aromatic carbocycles. The Labute approximate surface area is 133 Å². The molecular weight excluding hydrogens is 288 g/mol. The van der Waals surface area contributed by atoms with Crippen molar-refractivity contribution in [2.24, 2.45) is 0 Å². The summed E-state index contributed by atoms with van der Waals surface area (Å²) in [6, 6.07) is 8.37. The highest BCUT2D eigenvalue weighted by molar-refractivity contribution is 5.85. The predicted octanol–water partition coefficient (Wildman–Crippen LogP) is 2.31. The first-order valence-electron chi connectivity index (χ1n) is 7.50. The van der Waals surface area contributed by atoms with Crippen LogP contribution in [0.2, 0.25) is 0 Å². The molecule has 1 amide bonds. The maximum absolute atomic E-state index is 11.8. The number of para-hydroxylation sites is 1. The molecule has 1 aliphatic rings. The molecule has 1 heterocycles. The van der Waals surface area contributed by atoms with E-state index in [0.717, 1.165) is 30.7 Å². The Morgan fingerprint density at radius 1 is 1.43 bits per heavy atom. The Balaban J connectivity index is 0.00000220. The lowest BCUT2D eigenvalue weighted by Crippen LogP contribution is -2.32. The van der Waals surface area contributed by atoms with Crippen LogP contribution >= 0.6 is 12.4 Å². The van der Waals surface area contributed by atoms with Gasteiger partial charge in [0.1, 0.15) is 5.75 Å². The lowest BCUT2D eigenvalue weighted by atomic mass is 10.1. The second-order valence-electron chi connectivity index (χ2n) is 5.14. The van der Waals surface area contributed by atoms with E-state index in [4.69, 9.17) is 4.74 Å². The van der Waals surface area contributed by atoms with Crippen molar-refractivity contribution in [2.45, 2.75) is 38.6 Å². The van der Waals surface area contributed by atoms with Gasteiger partial charge in [-0.2, -0.15) is 0 Å². The number of hydrogen-bond acceptors (Lipinski definition) is 3. The summed E-state index contributed by atoms with van der Waals surface area (Å²) in [5, 5.41) is 6.33. The van der Waals surface area contributed by atoms with E-state index in [9.17, 15) is 4.79 Å². The summed E-state index contributed by atoms with van der Waals surface area (Å²) in [5.74, 6) is 1.06. The fourth-order valence-electron chi connectivity index (χ4n) is 2.57. The van der Waals surface area contributed by atoms with E-state index in [1.165, 1.54) is 6.42 Å². The van der Waals surface area contributed by atoms with Crippen LogP contribution < -0.4 is 15.4 Å². The van der Waals surface area contributed by atoms with Gasteiger partial charge < -0.3 is 15.4 Å². The van der Waals surface area contributed by atoms with E-state index in [2.05, 4.69) is 16.7 Å². The SMILES string of the molecule is CCOc1ccccc1CCNC(=O)CC1CCCN1.Cl. The van der Waals surface area contributed by atoms with Gasteiger partial charge in [0.15, 0.2) is 0 Å². The first-order chi connectivity index (χ1) is 9.79. The number of amides is 1. The Bertz CT molecular complexity index is 434. The molecule has 2 rings (SSSR count). The van der Waals surface area contributed by atoms with Crippen LogP contribution in [-0.4, -0.2) is 31.6 Å². The number of nitrogens with one attached hydrogen (secondary N) is 2. The third kappa shape index (κ3) is 5.94. The van der Waals surface area contributed by atoms with Gasteiger partial charge in [0, 0.05) is 19.0 Å². The monoisotopic (exact) mass is 312 g/mol. The zero-order valence-corrected chi connectivity index (χ0v) is 13.4. The quantitative estimate of drug-likeness (QED) is 0.812. The smallest absolute Gasteiger partial charge is 0.221 e. The summed E-state index contributed by atoms with van der Waals surface area (Å²) in [5.41, 5.74) is 1.15. The molecule has 1 unspecified atom stereocenters. The fourth-order valence-corrected chi connectivity index (χ4v) is 2.57. The Morgan fingerprint density at radius 2 is 2.24 bits per heavy atom. The molecule has 0 aromatic heterocycles. The van der Waals surface area contributed by atoms with E-state index in [-0.39, 0.29) is 18.3 Å². The molecule has 118 valence electrons. The van der Waals surface area contributed by atoms with E-state index >= 15 is 0 Å². The number of benzene rings is 1. The van der Waals surface area contributed by atoms with E-state index < -0.39 is 0 Å². The maximum atomic E-state index is 11.8. The zero-order valence-electron chi connectivity index (χ0n) is 12.6.